The van der Waals surface area contributed by atoms with Crippen LogP contribution in [0.5, 0.6) is 5.75 Å². The number of unbranched alkanes of at least 4 members (excludes halogenated alkanes) is 1. The molecule has 21 heavy (non-hydrogen) atoms. The van der Waals surface area contributed by atoms with Crippen molar-refractivity contribution in [3.05, 3.63) is 29.8 Å². The lowest BCUT2D eigenvalue weighted by atomic mass is 10.2. The first-order valence-corrected chi connectivity index (χ1v) is 7.19. The molecular weight excluding hydrogens is 270 g/mol. The van der Waals surface area contributed by atoms with Crippen molar-refractivity contribution >= 4 is 12.2 Å². The minimum atomic E-state index is -0.644. The van der Waals surface area contributed by atoms with Crippen LogP contribution < -0.4 is 10.1 Å². The Morgan fingerprint density at radius 1 is 1.33 bits per heavy atom. The first kappa shape index (κ1) is 17.2. The van der Waals surface area contributed by atoms with Crippen LogP contribution in [0.25, 0.3) is 0 Å². The highest BCUT2D eigenvalue weighted by Crippen LogP contribution is 2.12. The molecule has 0 aliphatic rings. The van der Waals surface area contributed by atoms with Gasteiger partial charge in [-0.1, -0.05) is 31.0 Å². The van der Waals surface area contributed by atoms with Crippen LogP contribution in [-0.2, 0) is 14.3 Å². The summed E-state index contributed by atoms with van der Waals surface area (Å²) in [4.78, 5) is 21.3. The van der Waals surface area contributed by atoms with E-state index in [0.29, 0.717) is 13.2 Å². The van der Waals surface area contributed by atoms with E-state index in [1.807, 2.05) is 31.2 Å². The zero-order valence-corrected chi connectivity index (χ0v) is 12.6. The van der Waals surface area contributed by atoms with Gasteiger partial charge in [-0.3, -0.25) is 9.59 Å². The summed E-state index contributed by atoms with van der Waals surface area (Å²) in [6.45, 7) is 5.28. The predicted molar refractivity (Wildman–Crippen MR) is 80.4 cm³/mol. The van der Waals surface area contributed by atoms with Crippen LogP contribution >= 0.6 is 0 Å². The molecule has 0 radical (unpaired) electrons. The summed E-state index contributed by atoms with van der Waals surface area (Å²) in [5.41, 5.74) is 1.16. The van der Waals surface area contributed by atoms with Crippen LogP contribution in [0, 0.1) is 6.92 Å². The molecule has 0 saturated carbocycles. The zero-order valence-electron chi connectivity index (χ0n) is 12.6. The minimum absolute atomic E-state index is 0.254. The number of ether oxygens (including phenoxy) is 2. The Kier molecular flexibility index (Phi) is 8.12. The first-order valence-electron chi connectivity index (χ1n) is 7.19. The van der Waals surface area contributed by atoms with Crippen LogP contribution in [0.1, 0.15) is 25.3 Å². The molecule has 1 aromatic rings. The number of benzene rings is 1. The van der Waals surface area contributed by atoms with Gasteiger partial charge in [0.1, 0.15) is 18.5 Å². The highest BCUT2D eigenvalue weighted by molar-refractivity contribution is 6.23. The number of rotatable bonds is 10. The van der Waals surface area contributed by atoms with Crippen molar-refractivity contribution in [2.45, 2.75) is 32.8 Å². The lowest BCUT2D eigenvalue weighted by Gasteiger charge is -2.18. The summed E-state index contributed by atoms with van der Waals surface area (Å²) in [7, 11) is 0. The molecule has 0 aromatic heterocycles. The quantitative estimate of drug-likeness (QED) is 0.406. The second-order valence-electron chi connectivity index (χ2n) is 4.83. The molecule has 1 unspecified atom stereocenters. The third-order valence-corrected chi connectivity index (χ3v) is 2.92. The molecule has 1 atom stereocenters. The highest BCUT2D eigenvalue weighted by Gasteiger charge is 2.12. The summed E-state index contributed by atoms with van der Waals surface area (Å²) in [5, 5.41) is 2.49. The summed E-state index contributed by atoms with van der Waals surface area (Å²) < 4.78 is 11.3. The number of hydrogen-bond acceptors (Lipinski definition) is 4. The maximum Gasteiger partial charge on any atom is 0.284 e. The molecule has 0 bridgehead atoms. The number of hydrogen-bond donors (Lipinski definition) is 1. The molecule has 1 N–H and O–H groups in total. The number of carbonyl (C=O) groups excluding carboxylic acids is 2. The van der Waals surface area contributed by atoms with Crippen molar-refractivity contribution in [2.75, 3.05) is 19.8 Å². The Balaban J connectivity index is 2.44. The van der Waals surface area contributed by atoms with E-state index in [1.165, 1.54) is 0 Å². The topological polar surface area (TPSA) is 64.6 Å². The minimum Gasteiger partial charge on any atom is -0.491 e. The van der Waals surface area contributed by atoms with Gasteiger partial charge in [0.25, 0.3) is 5.91 Å². The predicted octanol–water partition coefficient (Wildman–Crippen LogP) is 1.87. The van der Waals surface area contributed by atoms with Crippen molar-refractivity contribution in [1.29, 1.82) is 0 Å². The van der Waals surface area contributed by atoms with Gasteiger partial charge in [0.15, 0.2) is 0 Å². The fraction of sp³-hybridized carbons (Fsp3) is 0.500. The highest BCUT2D eigenvalue weighted by atomic mass is 16.5. The van der Waals surface area contributed by atoms with Gasteiger partial charge in [-0.05, 0) is 25.5 Å². The summed E-state index contributed by atoms with van der Waals surface area (Å²) >= 11 is 0. The Morgan fingerprint density at radius 3 is 2.67 bits per heavy atom. The van der Waals surface area contributed by atoms with Crippen molar-refractivity contribution in [1.82, 2.24) is 5.32 Å². The van der Waals surface area contributed by atoms with E-state index in [0.717, 1.165) is 24.2 Å². The molecule has 0 heterocycles. The number of aldehydes is 1. The molecule has 5 heteroatoms. The third kappa shape index (κ3) is 7.46. The molecule has 1 aromatic carbocycles. The molecule has 1 rings (SSSR count). The van der Waals surface area contributed by atoms with Crippen LogP contribution in [-0.4, -0.2) is 38.1 Å². The number of nitrogens with one attached hydrogen (secondary N) is 1. The van der Waals surface area contributed by atoms with E-state index in [-0.39, 0.29) is 18.9 Å². The van der Waals surface area contributed by atoms with Gasteiger partial charge >= 0.3 is 0 Å². The third-order valence-electron chi connectivity index (χ3n) is 2.92. The lowest BCUT2D eigenvalue weighted by molar-refractivity contribution is -0.131. The van der Waals surface area contributed by atoms with Crippen LogP contribution in [0.3, 0.4) is 0 Å². The summed E-state index contributed by atoms with van der Waals surface area (Å²) in [6.07, 6.45) is 1.96. The maximum absolute atomic E-state index is 11.0. The molecule has 0 aliphatic carbocycles. The Morgan fingerprint density at radius 2 is 2.05 bits per heavy atom. The number of carbonyl (C=O) groups is 2. The summed E-state index contributed by atoms with van der Waals surface area (Å²) in [6, 6.07) is 7.72. The molecule has 5 nitrogen and oxygen atoms in total. The monoisotopic (exact) mass is 293 g/mol. The number of aryl methyl sites for hydroxylation is 1. The molecule has 116 valence electrons. The van der Waals surface area contributed by atoms with Gasteiger partial charge in [-0.15, -0.1) is 0 Å². The average molecular weight is 293 g/mol. The second-order valence-corrected chi connectivity index (χ2v) is 4.83. The Labute approximate surface area is 125 Å². The average Bonchev–Trinajstić information content (AvgIpc) is 2.50. The van der Waals surface area contributed by atoms with Crippen molar-refractivity contribution in [3.63, 3.8) is 0 Å². The van der Waals surface area contributed by atoms with Crippen LogP contribution in [0.15, 0.2) is 24.3 Å². The van der Waals surface area contributed by atoms with Crippen molar-refractivity contribution in [3.8, 4) is 5.75 Å². The Hall–Kier alpha value is -1.88. The van der Waals surface area contributed by atoms with E-state index >= 15 is 0 Å². The van der Waals surface area contributed by atoms with E-state index in [9.17, 15) is 9.59 Å². The van der Waals surface area contributed by atoms with Gasteiger partial charge in [-0.2, -0.15) is 0 Å². The standard InChI is InChI=1S/C16H23NO4/c1-3-4-9-20-15(10-17-16(19)11-18)12-21-14-7-5-13(2)6-8-14/h5-8,11,15H,3-4,9-10,12H2,1-2H3,(H,17,19). The fourth-order valence-corrected chi connectivity index (χ4v) is 1.64. The second kappa shape index (κ2) is 9.94. The summed E-state index contributed by atoms with van der Waals surface area (Å²) in [5.74, 6) is 0.112. The molecule has 0 saturated heterocycles. The van der Waals surface area contributed by atoms with Crippen LogP contribution in [0.2, 0.25) is 0 Å². The first-order chi connectivity index (χ1) is 10.2. The van der Waals surface area contributed by atoms with Crippen molar-refractivity contribution in [2.24, 2.45) is 0 Å². The van der Waals surface area contributed by atoms with E-state index in [2.05, 4.69) is 12.2 Å². The number of amides is 1. The van der Waals surface area contributed by atoms with Crippen molar-refractivity contribution < 1.29 is 19.1 Å². The largest absolute Gasteiger partial charge is 0.491 e. The molecule has 1 amide bonds. The van der Waals surface area contributed by atoms with Gasteiger partial charge in [-0.25, -0.2) is 0 Å². The maximum atomic E-state index is 11.0. The van der Waals surface area contributed by atoms with Gasteiger partial charge in [0.05, 0.1) is 0 Å². The molecule has 0 aliphatic heterocycles. The smallest absolute Gasteiger partial charge is 0.284 e. The molecular formula is C16H23NO4. The fourth-order valence-electron chi connectivity index (χ4n) is 1.64. The van der Waals surface area contributed by atoms with E-state index < -0.39 is 5.91 Å². The van der Waals surface area contributed by atoms with Crippen LogP contribution in [0.4, 0.5) is 0 Å². The van der Waals surface area contributed by atoms with Gasteiger partial charge in [0, 0.05) is 13.2 Å². The van der Waals surface area contributed by atoms with Gasteiger partial charge in [0.2, 0.25) is 6.29 Å². The SMILES string of the molecule is CCCCOC(CNC(=O)C=O)COc1ccc(C)cc1. The lowest BCUT2D eigenvalue weighted by Crippen LogP contribution is -2.37. The molecule has 0 spiro atoms. The Bertz CT molecular complexity index is 430. The zero-order chi connectivity index (χ0) is 15.5. The van der Waals surface area contributed by atoms with Gasteiger partial charge < -0.3 is 14.8 Å². The normalized spacial score (nSPS) is 11.7. The van der Waals surface area contributed by atoms with E-state index in [4.69, 9.17) is 9.47 Å². The molecule has 0 fully saturated rings. The van der Waals surface area contributed by atoms with E-state index in [1.54, 1.807) is 0 Å².